The number of hydrogen-bond acceptors (Lipinski definition) is 3. The first-order valence-corrected chi connectivity index (χ1v) is 6.68. The van der Waals surface area contributed by atoms with Crippen LogP contribution < -0.4 is 11.1 Å². The molecule has 98 valence electrons. The summed E-state index contributed by atoms with van der Waals surface area (Å²) in [6.45, 7) is 6.51. The van der Waals surface area contributed by atoms with Crippen LogP contribution >= 0.6 is 0 Å². The van der Waals surface area contributed by atoms with Gasteiger partial charge in [-0.05, 0) is 19.8 Å². The van der Waals surface area contributed by atoms with Gasteiger partial charge in [-0.2, -0.15) is 5.10 Å². The molecule has 1 heterocycles. The molecule has 0 amide bonds. The second kappa shape index (κ2) is 6.52. The molecule has 0 saturated heterocycles. The highest BCUT2D eigenvalue weighted by molar-refractivity contribution is 5.65. The summed E-state index contributed by atoms with van der Waals surface area (Å²) >= 11 is 0. The van der Waals surface area contributed by atoms with Crippen molar-refractivity contribution in [2.24, 2.45) is 7.05 Å². The van der Waals surface area contributed by atoms with E-state index in [1.54, 1.807) is 0 Å². The third kappa shape index (κ3) is 3.65. The van der Waals surface area contributed by atoms with Gasteiger partial charge >= 0.3 is 0 Å². The summed E-state index contributed by atoms with van der Waals surface area (Å²) in [5.41, 5.74) is 7.86. The molecule has 0 aliphatic heterocycles. The lowest BCUT2D eigenvalue weighted by atomic mass is 10.1. The van der Waals surface area contributed by atoms with E-state index in [0.29, 0.717) is 6.04 Å². The minimum Gasteiger partial charge on any atom is -0.394 e. The number of nitrogens with one attached hydrogen (secondary N) is 1. The Morgan fingerprint density at radius 1 is 1.35 bits per heavy atom. The van der Waals surface area contributed by atoms with E-state index in [0.717, 1.165) is 23.6 Å². The van der Waals surface area contributed by atoms with Crippen molar-refractivity contribution in [2.45, 2.75) is 58.9 Å². The number of nitrogens with zero attached hydrogens (tertiary/aromatic N) is 2. The largest absolute Gasteiger partial charge is 0.394 e. The van der Waals surface area contributed by atoms with Crippen molar-refractivity contribution in [3.05, 3.63) is 5.69 Å². The van der Waals surface area contributed by atoms with Crippen LogP contribution in [-0.2, 0) is 13.5 Å². The molecular weight excluding hydrogens is 212 g/mol. The maximum atomic E-state index is 6.07. The van der Waals surface area contributed by atoms with Crippen LogP contribution in [0, 0.1) is 0 Å². The topological polar surface area (TPSA) is 55.9 Å². The molecule has 1 unspecified atom stereocenters. The number of nitrogens with two attached hydrogens (primary N) is 1. The summed E-state index contributed by atoms with van der Waals surface area (Å²) in [5, 5.41) is 7.87. The lowest BCUT2D eigenvalue weighted by Crippen LogP contribution is -2.18. The lowest BCUT2D eigenvalue weighted by Gasteiger charge is -2.15. The molecule has 3 N–H and O–H groups in total. The summed E-state index contributed by atoms with van der Waals surface area (Å²) in [5.74, 6) is 0.964. The molecule has 1 aromatic heterocycles. The van der Waals surface area contributed by atoms with Crippen LogP contribution in [0.25, 0.3) is 0 Å². The lowest BCUT2D eigenvalue weighted by molar-refractivity contribution is 0.608. The Labute approximate surface area is 105 Å². The molecule has 0 spiro atoms. The van der Waals surface area contributed by atoms with Gasteiger partial charge in [-0.1, -0.05) is 33.1 Å². The molecule has 0 radical (unpaired) electrons. The van der Waals surface area contributed by atoms with Crippen LogP contribution in [0.3, 0.4) is 0 Å². The summed E-state index contributed by atoms with van der Waals surface area (Å²) in [6.07, 6.45) is 5.89. The maximum Gasteiger partial charge on any atom is 0.147 e. The van der Waals surface area contributed by atoms with Crippen LogP contribution in [0.1, 0.15) is 52.1 Å². The number of nitrogen functional groups attached to an aromatic ring is 1. The van der Waals surface area contributed by atoms with Crippen molar-refractivity contribution in [2.75, 3.05) is 11.1 Å². The molecule has 0 aliphatic carbocycles. The Hall–Kier alpha value is -1.19. The molecule has 0 aliphatic rings. The average molecular weight is 238 g/mol. The van der Waals surface area contributed by atoms with Gasteiger partial charge in [0.2, 0.25) is 0 Å². The van der Waals surface area contributed by atoms with Crippen LogP contribution in [0.5, 0.6) is 0 Å². The van der Waals surface area contributed by atoms with E-state index in [9.17, 15) is 0 Å². The standard InChI is InChI=1S/C13H26N4/c1-5-7-8-9-10(3)15-13-12(14)11(6-2)16-17(13)4/h10,15H,5-9,14H2,1-4H3. The maximum absolute atomic E-state index is 6.07. The van der Waals surface area contributed by atoms with Gasteiger partial charge in [0.1, 0.15) is 5.82 Å². The van der Waals surface area contributed by atoms with Crippen molar-refractivity contribution in [1.82, 2.24) is 9.78 Å². The fraction of sp³-hybridized carbons (Fsp3) is 0.769. The van der Waals surface area contributed by atoms with E-state index >= 15 is 0 Å². The normalized spacial score (nSPS) is 12.7. The zero-order valence-corrected chi connectivity index (χ0v) is 11.6. The molecule has 4 nitrogen and oxygen atoms in total. The Kier molecular flexibility index (Phi) is 5.32. The third-order valence-electron chi connectivity index (χ3n) is 3.12. The predicted molar refractivity (Wildman–Crippen MR) is 74.2 cm³/mol. The van der Waals surface area contributed by atoms with Gasteiger partial charge in [0.05, 0.1) is 11.4 Å². The molecule has 4 heteroatoms. The summed E-state index contributed by atoms with van der Waals surface area (Å²) in [7, 11) is 1.94. The fourth-order valence-electron chi connectivity index (χ4n) is 2.03. The highest BCUT2D eigenvalue weighted by Crippen LogP contribution is 2.23. The molecule has 0 aromatic carbocycles. The number of rotatable bonds is 7. The molecular formula is C13H26N4. The average Bonchev–Trinajstić information content (AvgIpc) is 2.57. The van der Waals surface area contributed by atoms with E-state index in [1.807, 2.05) is 11.7 Å². The Balaban J connectivity index is 2.58. The molecule has 0 bridgehead atoms. The second-order valence-electron chi connectivity index (χ2n) is 4.73. The van der Waals surface area contributed by atoms with Gasteiger partial charge in [0.25, 0.3) is 0 Å². The van der Waals surface area contributed by atoms with E-state index in [1.165, 1.54) is 25.7 Å². The van der Waals surface area contributed by atoms with E-state index in [4.69, 9.17) is 5.73 Å². The highest BCUT2D eigenvalue weighted by atomic mass is 15.3. The van der Waals surface area contributed by atoms with Gasteiger partial charge < -0.3 is 11.1 Å². The zero-order valence-electron chi connectivity index (χ0n) is 11.6. The van der Waals surface area contributed by atoms with Crippen molar-refractivity contribution in [3.8, 4) is 0 Å². The number of hydrogen-bond donors (Lipinski definition) is 2. The minimum absolute atomic E-state index is 0.448. The number of aryl methyl sites for hydroxylation is 2. The summed E-state index contributed by atoms with van der Waals surface area (Å²) < 4.78 is 1.85. The van der Waals surface area contributed by atoms with Gasteiger partial charge in [0.15, 0.2) is 0 Å². The van der Waals surface area contributed by atoms with Crippen LogP contribution in [0.2, 0.25) is 0 Å². The summed E-state index contributed by atoms with van der Waals surface area (Å²) in [4.78, 5) is 0. The summed E-state index contributed by atoms with van der Waals surface area (Å²) in [6, 6.07) is 0.448. The molecule has 1 aromatic rings. The minimum atomic E-state index is 0.448. The fourth-order valence-corrected chi connectivity index (χ4v) is 2.03. The SMILES string of the molecule is CCCCCC(C)Nc1c(N)c(CC)nn1C. The van der Waals surface area contributed by atoms with Crippen LogP contribution in [0.15, 0.2) is 0 Å². The molecule has 0 saturated carbocycles. The quantitative estimate of drug-likeness (QED) is 0.718. The Morgan fingerprint density at radius 3 is 2.59 bits per heavy atom. The van der Waals surface area contributed by atoms with Gasteiger partial charge in [-0.15, -0.1) is 0 Å². The number of anilines is 2. The van der Waals surface area contributed by atoms with E-state index < -0.39 is 0 Å². The van der Waals surface area contributed by atoms with Crippen molar-refractivity contribution in [1.29, 1.82) is 0 Å². The van der Waals surface area contributed by atoms with Crippen LogP contribution in [-0.4, -0.2) is 15.8 Å². The number of aromatic nitrogens is 2. The van der Waals surface area contributed by atoms with Crippen molar-refractivity contribution in [3.63, 3.8) is 0 Å². The first-order valence-electron chi connectivity index (χ1n) is 6.68. The van der Waals surface area contributed by atoms with Crippen molar-refractivity contribution < 1.29 is 0 Å². The van der Waals surface area contributed by atoms with Crippen LogP contribution in [0.4, 0.5) is 11.5 Å². The first kappa shape index (κ1) is 13.9. The number of unbranched alkanes of at least 4 members (excludes halogenated alkanes) is 2. The first-order chi connectivity index (χ1) is 8.10. The predicted octanol–water partition coefficient (Wildman–Crippen LogP) is 2.95. The van der Waals surface area contributed by atoms with E-state index in [2.05, 4.69) is 31.2 Å². The molecule has 0 fully saturated rings. The highest BCUT2D eigenvalue weighted by Gasteiger charge is 2.13. The van der Waals surface area contributed by atoms with Gasteiger partial charge in [0, 0.05) is 13.1 Å². The zero-order chi connectivity index (χ0) is 12.8. The Morgan fingerprint density at radius 2 is 2.06 bits per heavy atom. The third-order valence-corrected chi connectivity index (χ3v) is 3.12. The van der Waals surface area contributed by atoms with Crippen molar-refractivity contribution >= 4 is 11.5 Å². The molecule has 1 rings (SSSR count). The smallest absolute Gasteiger partial charge is 0.147 e. The monoisotopic (exact) mass is 238 g/mol. The van der Waals surface area contributed by atoms with E-state index in [-0.39, 0.29) is 0 Å². The van der Waals surface area contributed by atoms with Gasteiger partial charge in [-0.25, -0.2) is 0 Å². The Bertz CT molecular complexity index is 343. The molecule has 1 atom stereocenters. The second-order valence-corrected chi connectivity index (χ2v) is 4.73. The van der Waals surface area contributed by atoms with Gasteiger partial charge in [-0.3, -0.25) is 4.68 Å². The molecule has 17 heavy (non-hydrogen) atoms.